The van der Waals surface area contributed by atoms with Crippen LogP contribution in [-0.4, -0.2) is 18.3 Å². The first-order valence-corrected chi connectivity index (χ1v) is 7.67. The van der Waals surface area contributed by atoms with Crippen molar-refractivity contribution in [1.82, 2.24) is 5.32 Å². The van der Waals surface area contributed by atoms with E-state index in [1.807, 2.05) is 12.1 Å². The molecule has 1 atom stereocenters. The lowest BCUT2D eigenvalue weighted by molar-refractivity contribution is 0.260. The predicted molar refractivity (Wildman–Crippen MR) is 82.3 cm³/mol. The molecule has 1 aromatic carbocycles. The van der Waals surface area contributed by atoms with Gasteiger partial charge in [-0.15, -0.1) is 11.3 Å². The van der Waals surface area contributed by atoms with Crippen LogP contribution in [0.25, 0.3) is 10.4 Å². The van der Waals surface area contributed by atoms with Crippen molar-refractivity contribution < 1.29 is 9.50 Å². The monoisotopic (exact) mass is 293 g/mol. The van der Waals surface area contributed by atoms with Gasteiger partial charge in [0.1, 0.15) is 5.82 Å². The molecular weight excluding hydrogens is 273 g/mol. The van der Waals surface area contributed by atoms with E-state index < -0.39 is 0 Å². The molecule has 1 unspecified atom stereocenters. The van der Waals surface area contributed by atoms with Crippen molar-refractivity contribution in [3.8, 4) is 10.4 Å². The summed E-state index contributed by atoms with van der Waals surface area (Å²) >= 11 is 1.72. The quantitative estimate of drug-likeness (QED) is 0.816. The number of aliphatic hydroxyl groups excluding tert-OH is 1. The third-order valence-electron chi connectivity index (χ3n) is 3.20. The topological polar surface area (TPSA) is 32.3 Å². The number of hydrogen-bond donors (Lipinski definition) is 2. The fraction of sp³-hybridized carbons (Fsp3) is 0.375. The summed E-state index contributed by atoms with van der Waals surface area (Å²) in [6, 6.07) is 10.8. The smallest absolute Gasteiger partial charge is 0.123 e. The van der Waals surface area contributed by atoms with Gasteiger partial charge in [0.05, 0.1) is 0 Å². The number of aliphatic hydroxyl groups is 1. The molecule has 0 saturated carbocycles. The van der Waals surface area contributed by atoms with Crippen LogP contribution in [0.15, 0.2) is 36.4 Å². The maximum Gasteiger partial charge on any atom is 0.123 e. The molecule has 0 saturated heterocycles. The maximum atomic E-state index is 12.9. The second-order valence-corrected chi connectivity index (χ2v) is 6.19. The molecule has 0 aliphatic rings. The minimum atomic E-state index is -0.204. The lowest BCUT2D eigenvalue weighted by Gasteiger charge is -2.09. The standard InChI is InChI=1S/C16H20FNOS/c1-12(8-9-19)10-18-11-15-6-7-16(20-15)13-2-4-14(17)5-3-13/h2-7,12,18-19H,8-11H2,1H3. The van der Waals surface area contributed by atoms with E-state index in [1.165, 1.54) is 17.0 Å². The zero-order chi connectivity index (χ0) is 14.4. The van der Waals surface area contributed by atoms with Crippen molar-refractivity contribution in [2.24, 2.45) is 5.92 Å². The van der Waals surface area contributed by atoms with Crippen LogP contribution in [-0.2, 0) is 6.54 Å². The molecule has 2 N–H and O–H groups in total. The van der Waals surface area contributed by atoms with E-state index in [1.54, 1.807) is 11.3 Å². The van der Waals surface area contributed by atoms with Crippen LogP contribution in [0.4, 0.5) is 4.39 Å². The zero-order valence-corrected chi connectivity index (χ0v) is 12.4. The van der Waals surface area contributed by atoms with Gasteiger partial charge in [-0.1, -0.05) is 19.1 Å². The average molecular weight is 293 g/mol. The summed E-state index contributed by atoms with van der Waals surface area (Å²) in [5.74, 6) is 0.279. The minimum absolute atomic E-state index is 0.204. The van der Waals surface area contributed by atoms with Crippen LogP contribution in [0.3, 0.4) is 0 Å². The average Bonchev–Trinajstić information content (AvgIpc) is 2.89. The van der Waals surface area contributed by atoms with Crippen LogP contribution in [0, 0.1) is 11.7 Å². The van der Waals surface area contributed by atoms with Gasteiger partial charge in [-0.3, -0.25) is 0 Å². The summed E-state index contributed by atoms with van der Waals surface area (Å²) in [6.45, 7) is 4.12. The Balaban J connectivity index is 1.87. The van der Waals surface area contributed by atoms with Gasteiger partial charge in [-0.25, -0.2) is 4.39 Å². The summed E-state index contributed by atoms with van der Waals surface area (Å²) in [4.78, 5) is 2.42. The first-order valence-electron chi connectivity index (χ1n) is 6.85. The number of hydrogen-bond acceptors (Lipinski definition) is 3. The molecule has 2 rings (SSSR count). The Morgan fingerprint density at radius 1 is 1.20 bits per heavy atom. The highest BCUT2D eigenvalue weighted by molar-refractivity contribution is 7.15. The van der Waals surface area contributed by atoms with Crippen molar-refractivity contribution >= 4 is 11.3 Å². The number of rotatable bonds is 7. The van der Waals surface area contributed by atoms with Crippen LogP contribution in [0.5, 0.6) is 0 Å². The molecule has 20 heavy (non-hydrogen) atoms. The SMILES string of the molecule is CC(CCO)CNCc1ccc(-c2ccc(F)cc2)s1. The third kappa shape index (κ3) is 4.40. The van der Waals surface area contributed by atoms with Gasteiger partial charge in [-0.05, 0) is 48.7 Å². The fourth-order valence-corrected chi connectivity index (χ4v) is 2.99. The van der Waals surface area contributed by atoms with Gasteiger partial charge < -0.3 is 10.4 Å². The zero-order valence-electron chi connectivity index (χ0n) is 11.6. The number of nitrogens with one attached hydrogen (secondary N) is 1. The summed E-state index contributed by atoms with van der Waals surface area (Å²) in [5, 5.41) is 12.2. The summed E-state index contributed by atoms with van der Waals surface area (Å²) in [5.41, 5.74) is 1.05. The van der Waals surface area contributed by atoms with E-state index in [4.69, 9.17) is 5.11 Å². The number of halogens is 1. The van der Waals surface area contributed by atoms with Crippen molar-refractivity contribution in [3.63, 3.8) is 0 Å². The van der Waals surface area contributed by atoms with Gasteiger partial charge in [0, 0.05) is 22.9 Å². The molecule has 108 valence electrons. The Labute approximate surface area is 123 Å². The van der Waals surface area contributed by atoms with E-state index in [0.29, 0.717) is 5.92 Å². The van der Waals surface area contributed by atoms with E-state index >= 15 is 0 Å². The second-order valence-electron chi connectivity index (χ2n) is 5.02. The van der Waals surface area contributed by atoms with E-state index in [-0.39, 0.29) is 12.4 Å². The summed E-state index contributed by atoms with van der Waals surface area (Å²) in [6.07, 6.45) is 0.832. The highest BCUT2D eigenvalue weighted by Gasteiger charge is 2.04. The fourth-order valence-electron chi connectivity index (χ4n) is 2.01. The normalized spacial score (nSPS) is 12.6. The van der Waals surface area contributed by atoms with Crippen molar-refractivity contribution in [3.05, 3.63) is 47.1 Å². The maximum absolute atomic E-state index is 12.9. The molecule has 0 fully saturated rings. The summed E-state index contributed by atoms with van der Waals surface area (Å²) in [7, 11) is 0. The Hall–Kier alpha value is -1.23. The van der Waals surface area contributed by atoms with E-state index in [0.717, 1.165) is 30.0 Å². The molecule has 1 aromatic heterocycles. The highest BCUT2D eigenvalue weighted by atomic mass is 32.1. The van der Waals surface area contributed by atoms with Crippen LogP contribution >= 0.6 is 11.3 Å². The Kier molecular flexibility index (Phi) is 5.71. The molecule has 0 amide bonds. The second kappa shape index (κ2) is 7.53. The van der Waals surface area contributed by atoms with E-state index in [9.17, 15) is 4.39 Å². The molecule has 2 aromatic rings. The van der Waals surface area contributed by atoms with Crippen LogP contribution in [0.1, 0.15) is 18.2 Å². The molecule has 0 aliphatic carbocycles. The van der Waals surface area contributed by atoms with Gasteiger partial charge in [0.15, 0.2) is 0 Å². The molecule has 0 radical (unpaired) electrons. The third-order valence-corrected chi connectivity index (χ3v) is 4.34. The Bertz CT molecular complexity index is 524. The predicted octanol–water partition coefficient (Wildman–Crippen LogP) is 3.66. The number of thiophene rings is 1. The van der Waals surface area contributed by atoms with Crippen LogP contribution in [0.2, 0.25) is 0 Å². The van der Waals surface area contributed by atoms with Crippen molar-refractivity contribution in [1.29, 1.82) is 0 Å². The van der Waals surface area contributed by atoms with Gasteiger partial charge in [-0.2, -0.15) is 0 Å². The summed E-state index contributed by atoms with van der Waals surface area (Å²) < 4.78 is 12.9. The van der Waals surface area contributed by atoms with Crippen molar-refractivity contribution in [2.45, 2.75) is 19.9 Å². The lowest BCUT2D eigenvalue weighted by Crippen LogP contribution is -2.20. The van der Waals surface area contributed by atoms with E-state index in [2.05, 4.69) is 24.4 Å². The highest BCUT2D eigenvalue weighted by Crippen LogP contribution is 2.28. The molecule has 4 heteroatoms. The largest absolute Gasteiger partial charge is 0.396 e. The van der Waals surface area contributed by atoms with Gasteiger partial charge in [0.25, 0.3) is 0 Å². The minimum Gasteiger partial charge on any atom is -0.396 e. The molecule has 2 nitrogen and oxygen atoms in total. The molecule has 0 spiro atoms. The first kappa shape index (κ1) is 15.2. The molecule has 1 heterocycles. The molecule has 0 aliphatic heterocycles. The van der Waals surface area contributed by atoms with Crippen molar-refractivity contribution in [2.75, 3.05) is 13.2 Å². The Morgan fingerprint density at radius 2 is 1.95 bits per heavy atom. The lowest BCUT2D eigenvalue weighted by atomic mass is 10.1. The number of benzene rings is 1. The first-order chi connectivity index (χ1) is 9.69. The molecule has 0 bridgehead atoms. The van der Waals surface area contributed by atoms with Gasteiger partial charge >= 0.3 is 0 Å². The van der Waals surface area contributed by atoms with Crippen LogP contribution < -0.4 is 5.32 Å². The molecular formula is C16H20FNOS. The Morgan fingerprint density at radius 3 is 2.65 bits per heavy atom. The van der Waals surface area contributed by atoms with Gasteiger partial charge in [0.2, 0.25) is 0 Å².